The lowest BCUT2D eigenvalue weighted by atomic mass is 9.34. The van der Waals surface area contributed by atoms with E-state index in [2.05, 4.69) is 206 Å². The molecule has 0 amide bonds. The fraction of sp³-hybridized carbons (Fsp3) is 0.104. The van der Waals surface area contributed by atoms with Gasteiger partial charge in [0.25, 0.3) is 13.0 Å². The van der Waals surface area contributed by atoms with E-state index in [1.54, 1.807) is 0 Å². The summed E-state index contributed by atoms with van der Waals surface area (Å²) in [6.45, 7) is 11.2. The van der Waals surface area contributed by atoms with Gasteiger partial charge in [0.2, 0.25) is 0 Å². The first kappa shape index (κ1) is 43.1. The number of hydrogen-bond donors (Lipinski definition) is 0. The van der Waals surface area contributed by atoms with Gasteiger partial charge >= 0.3 is 0 Å². The number of rotatable bonds is 6. The van der Waals surface area contributed by atoms with Crippen molar-refractivity contribution in [3.63, 3.8) is 0 Å². The summed E-state index contributed by atoms with van der Waals surface area (Å²) in [6, 6.07) is 66.1. The highest BCUT2D eigenvalue weighted by atomic mass is 16.5. The highest BCUT2D eigenvalue weighted by Crippen LogP contribution is 2.50. The predicted molar refractivity (Wildman–Crippen MR) is 302 cm³/mol. The minimum atomic E-state index is -0.329. The van der Waals surface area contributed by atoms with Gasteiger partial charge < -0.3 is 18.9 Å². The quantitative estimate of drug-likeness (QED) is 0.0944. The van der Waals surface area contributed by atoms with Crippen LogP contribution in [0, 0.1) is 6.33 Å². The minimum absolute atomic E-state index is 0.118. The average molecular weight is 983 g/mol. The van der Waals surface area contributed by atoms with E-state index in [0.717, 1.165) is 123 Å². The zero-order valence-corrected chi connectivity index (χ0v) is 42.5. The molecule has 7 heterocycles. The zero-order chi connectivity index (χ0) is 50.8. The molecule has 0 N–H and O–H groups in total. The van der Waals surface area contributed by atoms with Gasteiger partial charge in [0.15, 0.2) is 0 Å². The predicted octanol–water partition coefficient (Wildman–Crippen LogP) is 14.1. The number of nitrogens with zero attached hydrogens (tertiary/aromatic N) is 4. The number of ether oxygens (including phenoxy) is 4. The van der Waals surface area contributed by atoms with E-state index >= 15 is 0 Å². The smallest absolute Gasteiger partial charge is 0.270 e. The maximum atomic E-state index is 7.10. The van der Waals surface area contributed by atoms with Crippen molar-refractivity contribution in [2.24, 2.45) is 0 Å². The van der Waals surface area contributed by atoms with Crippen LogP contribution in [0.25, 0.3) is 72.3 Å². The SMILES string of the molecule is CC(C)(C)c1ccnc(-n2c3cc(Oc4ccc5c(c4)-n4[c-][n+](-c6c(-c7ccccc7)cccc6-c6ccccc6)c6cccc(c64)C5(C)C)ccc3c3c4c5c(cc32)Oc2cccc3c2B5c2c(cccc2O4)O3)c1. The highest BCUT2D eigenvalue weighted by molar-refractivity contribution is 6.99. The Morgan fingerprint density at radius 2 is 1.21 bits per heavy atom. The number of hydrogen-bond acceptors (Lipinski definition) is 5. The number of aromatic nitrogens is 4. The van der Waals surface area contributed by atoms with Gasteiger partial charge in [-0.1, -0.05) is 150 Å². The summed E-state index contributed by atoms with van der Waals surface area (Å²) in [6.07, 6.45) is 5.84. The number of imidazole rings is 1. The molecule has 0 spiro atoms. The maximum absolute atomic E-state index is 7.10. The summed E-state index contributed by atoms with van der Waals surface area (Å²) in [5, 5.41) is 1.99. The molecule has 0 bridgehead atoms. The Balaban J connectivity index is 0.878. The van der Waals surface area contributed by atoms with Gasteiger partial charge in [0, 0.05) is 45.5 Å². The van der Waals surface area contributed by atoms with Crippen LogP contribution < -0.4 is 39.9 Å². The first-order valence-corrected chi connectivity index (χ1v) is 26.0. The summed E-state index contributed by atoms with van der Waals surface area (Å²) in [7, 11) is 0. The molecule has 362 valence electrons. The summed E-state index contributed by atoms with van der Waals surface area (Å²) >= 11 is 0. The van der Waals surface area contributed by atoms with E-state index in [4.69, 9.17) is 23.9 Å². The van der Waals surface area contributed by atoms with Gasteiger partial charge in [-0.3, -0.25) is 13.7 Å². The van der Waals surface area contributed by atoms with E-state index in [9.17, 15) is 0 Å². The molecule has 8 nitrogen and oxygen atoms in total. The number of benzene rings is 9. The normalized spacial score (nSPS) is 14.0. The highest BCUT2D eigenvalue weighted by Gasteiger charge is 2.47. The molecule has 3 aromatic heterocycles. The number of para-hydroxylation sites is 2. The molecule has 4 aliphatic rings. The molecule has 0 saturated carbocycles. The third-order valence-corrected chi connectivity index (χ3v) is 16.3. The minimum Gasteiger partial charge on any atom is -0.458 e. The molecule has 4 aliphatic heterocycles. The second-order valence-electron chi connectivity index (χ2n) is 22.0. The van der Waals surface area contributed by atoms with Crippen molar-refractivity contribution in [3.05, 3.63) is 217 Å². The fourth-order valence-electron chi connectivity index (χ4n) is 12.7. The number of pyridine rings is 1. The zero-order valence-electron chi connectivity index (χ0n) is 42.5. The molecule has 9 aromatic carbocycles. The van der Waals surface area contributed by atoms with E-state index in [1.807, 2.05) is 42.6 Å². The second-order valence-corrected chi connectivity index (χ2v) is 22.0. The molecule has 0 saturated heterocycles. The lowest BCUT2D eigenvalue weighted by Crippen LogP contribution is -2.59. The molecule has 16 rings (SSSR count). The van der Waals surface area contributed by atoms with Crippen molar-refractivity contribution < 1.29 is 23.5 Å². The summed E-state index contributed by atoms with van der Waals surface area (Å²) < 4.78 is 34.3. The molecule has 12 aromatic rings. The van der Waals surface area contributed by atoms with Gasteiger partial charge in [-0.25, -0.2) is 4.98 Å². The van der Waals surface area contributed by atoms with Gasteiger partial charge in [-0.2, -0.15) is 0 Å². The van der Waals surface area contributed by atoms with Gasteiger partial charge in [-0.05, 0) is 105 Å². The van der Waals surface area contributed by atoms with Crippen molar-refractivity contribution in [1.29, 1.82) is 0 Å². The summed E-state index contributed by atoms with van der Waals surface area (Å²) in [4.78, 5) is 5.08. The Morgan fingerprint density at radius 1 is 0.579 bits per heavy atom. The number of fused-ring (bicyclic) bond motifs is 6. The molecule has 0 fully saturated rings. The fourth-order valence-corrected chi connectivity index (χ4v) is 12.7. The molecule has 9 heteroatoms. The van der Waals surface area contributed by atoms with Crippen LogP contribution in [-0.2, 0) is 10.8 Å². The van der Waals surface area contributed by atoms with Crippen LogP contribution in [0.4, 0.5) is 0 Å². The topological polar surface area (TPSA) is 63.6 Å². The molecule has 0 unspecified atom stereocenters. The molecule has 0 atom stereocenters. The summed E-state index contributed by atoms with van der Waals surface area (Å²) in [5.74, 6) is 6.89. The van der Waals surface area contributed by atoms with Crippen LogP contribution in [0.3, 0.4) is 0 Å². The Bertz CT molecular complexity index is 4420. The van der Waals surface area contributed by atoms with Crippen molar-refractivity contribution in [2.45, 2.75) is 45.4 Å². The largest absolute Gasteiger partial charge is 0.458 e. The van der Waals surface area contributed by atoms with Crippen molar-refractivity contribution >= 4 is 55.9 Å². The van der Waals surface area contributed by atoms with E-state index in [1.165, 1.54) is 16.7 Å². The Morgan fingerprint density at radius 3 is 1.91 bits per heavy atom. The van der Waals surface area contributed by atoms with Gasteiger partial charge in [-0.15, -0.1) is 0 Å². The van der Waals surface area contributed by atoms with Crippen molar-refractivity contribution in [1.82, 2.24) is 14.1 Å². The van der Waals surface area contributed by atoms with E-state index in [-0.39, 0.29) is 17.5 Å². The van der Waals surface area contributed by atoms with Crippen LogP contribution in [0.15, 0.2) is 194 Å². The van der Waals surface area contributed by atoms with Gasteiger partial charge in [0.1, 0.15) is 51.8 Å². The van der Waals surface area contributed by atoms with Crippen LogP contribution in [0.5, 0.6) is 46.0 Å². The van der Waals surface area contributed by atoms with Crippen LogP contribution in [0.2, 0.25) is 0 Å². The first-order chi connectivity index (χ1) is 37.1. The van der Waals surface area contributed by atoms with Crippen LogP contribution in [0.1, 0.15) is 51.3 Å². The van der Waals surface area contributed by atoms with E-state index < -0.39 is 0 Å². The standard InChI is InChI=1S/C67H47BN4O4/c1-66(2,3)41-32-33-69-58(34-41)72-50-35-42(28-30-46(50)59-52(72)37-57-62-65(59)76-56-27-15-25-54-61(56)68(62)60-53(74-54)24-14-26-55(60)75-57)73-43-29-31-47-51(36-43)71-38-70(49-23-13-22-48(64(49)71)67(47,4)5)63-44(39-16-8-6-9-17-39)20-12-21-45(63)40-18-10-7-11-19-40/h6-37H,1-5H3. The van der Waals surface area contributed by atoms with Gasteiger partial charge in [0.05, 0.1) is 38.8 Å². The van der Waals surface area contributed by atoms with E-state index in [0.29, 0.717) is 11.5 Å². The molecule has 76 heavy (non-hydrogen) atoms. The second kappa shape index (κ2) is 15.4. The Hall–Kier alpha value is -9.34. The lowest BCUT2D eigenvalue weighted by molar-refractivity contribution is -0.571. The monoisotopic (exact) mass is 982 g/mol. The molecular weight excluding hydrogens is 936 g/mol. The van der Waals surface area contributed by atoms with Crippen LogP contribution in [-0.4, -0.2) is 20.8 Å². The third kappa shape index (κ3) is 6.02. The average Bonchev–Trinajstić information content (AvgIpc) is 4.18. The molecule has 0 radical (unpaired) electrons. The molecular formula is C67H47BN4O4. The molecule has 0 aliphatic carbocycles. The van der Waals surface area contributed by atoms with Crippen molar-refractivity contribution in [3.8, 4) is 85.4 Å². The summed E-state index contributed by atoms with van der Waals surface area (Å²) in [5.41, 5.74) is 16.9. The Kier molecular flexibility index (Phi) is 8.72. The lowest BCUT2D eigenvalue weighted by Gasteiger charge is -2.37. The maximum Gasteiger partial charge on any atom is 0.270 e. The Labute approximate surface area is 439 Å². The van der Waals surface area contributed by atoms with Crippen molar-refractivity contribution in [2.75, 3.05) is 0 Å². The van der Waals surface area contributed by atoms with Crippen LogP contribution >= 0.6 is 0 Å². The third-order valence-electron chi connectivity index (χ3n) is 16.3. The first-order valence-electron chi connectivity index (χ1n) is 26.0.